The molecular formula is C38H22N2O. The van der Waals surface area contributed by atoms with Gasteiger partial charge in [0.25, 0.3) is 0 Å². The van der Waals surface area contributed by atoms with Gasteiger partial charge in [0, 0.05) is 32.7 Å². The fraction of sp³-hybridized carbons (Fsp3) is 0. The van der Waals surface area contributed by atoms with Gasteiger partial charge in [-0.05, 0) is 33.2 Å². The van der Waals surface area contributed by atoms with E-state index < -0.39 is 0 Å². The van der Waals surface area contributed by atoms with Crippen molar-refractivity contribution < 1.29 is 4.42 Å². The molecular weight excluding hydrogens is 500 g/mol. The first-order valence-corrected chi connectivity index (χ1v) is 13.8. The van der Waals surface area contributed by atoms with Gasteiger partial charge in [0.05, 0.1) is 22.9 Å². The summed E-state index contributed by atoms with van der Waals surface area (Å²) in [6.07, 6.45) is 1.89. The molecule has 0 amide bonds. The average molecular weight is 523 g/mol. The van der Waals surface area contributed by atoms with Crippen molar-refractivity contribution in [3.63, 3.8) is 0 Å². The van der Waals surface area contributed by atoms with Crippen LogP contribution in [0.2, 0.25) is 0 Å². The van der Waals surface area contributed by atoms with E-state index in [4.69, 9.17) is 14.4 Å². The lowest BCUT2D eigenvalue weighted by molar-refractivity contribution is 0.670. The molecule has 3 heteroatoms. The minimum Gasteiger partial charge on any atom is -0.455 e. The number of aromatic nitrogens is 2. The Morgan fingerprint density at radius 2 is 1.10 bits per heavy atom. The van der Waals surface area contributed by atoms with Gasteiger partial charge in [0.2, 0.25) is 0 Å². The van der Waals surface area contributed by atoms with Gasteiger partial charge in [-0.2, -0.15) is 0 Å². The quantitative estimate of drug-likeness (QED) is 0.212. The lowest BCUT2D eigenvalue weighted by atomic mass is 9.98. The molecule has 0 atom stereocenters. The molecule has 0 aliphatic rings. The molecule has 0 unspecified atom stereocenters. The van der Waals surface area contributed by atoms with Gasteiger partial charge >= 0.3 is 0 Å². The van der Waals surface area contributed by atoms with Crippen LogP contribution >= 0.6 is 0 Å². The number of hydrogen-bond donors (Lipinski definition) is 0. The number of nitrogens with zero attached hydrogens (tertiary/aromatic N) is 2. The Balaban J connectivity index is 1.19. The normalized spacial score (nSPS) is 11.9. The Morgan fingerprint density at radius 1 is 0.463 bits per heavy atom. The summed E-state index contributed by atoms with van der Waals surface area (Å²) in [5.74, 6) is 0. The molecule has 0 radical (unpaired) electrons. The summed E-state index contributed by atoms with van der Waals surface area (Å²) in [7, 11) is 0. The predicted molar refractivity (Wildman–Crippen MR) is 170 cm³/mol. The molecule has 2 aromatic heterocycles. The highest BCUT2D eigenvalue weighted by Crippen LogP contribution is 2.40. The van der Waals surface area contributed by atoms with Crippen LogP contribution in [0, 0.1) is 0 Å². The number of para-hydroxylation sites is 1. The number of hydrogen-bond acceptors (Lipinski definition) is 3. The number of benzene rings is 7. The lowest BCUT2D eigenvalue weighted by Crippen LogP contribution is -1.92. The summed E-state index contributed by atoms with van der Waals surface area (Å²) in [4.78, 5) is 10.1. The third-order valence-electron chi connectivity index (χ3n) is 8.31. The van der Waals surface area contributed by atoms with Crippen LogP contribution in [0.4, 0.5) is 0 Å². The fourth-order valence-corrected chi connectivity index (χ4v) is 6.38. The first-order valence-electron chi connectivity index (χ1n) is 13.8. The molecule has 0 aliphatic carbocycles. The highest BCUT2D eigenvalue weighted by Gasteiger charge is 2.15. The molecule has 9 aromatic rings. The van der Waals surface area contributed by atoms with Gasteiger partial charge < -0.3 is 4.42 Å². The molecule has 9 rings (SSSR count). The second-order valence-corrected chi connectivity index (χ2v) is 10.6. The highest BCUT2D eigenvalue weighted by atomic mass is 16.3. The van der Waals surface area contributed by atoms with Crippen molar-refractivity contribution in [2.45, 2.75) is 0 Å². The first kappa shape index (κ1) is 22.3. The molecule has 0 spiro atoms. The van der Waals surface area contributed by atoms with E-state index in [1.807, 2.05) is 6.20 Å². The van der Waals surface area contributed by atoms with Crippen molar-refractivity contribution in [2.24, 2.45) is 0 Å². The van der Waals surface area contributed by atoms with Gasteiger partial charge in [0.15, 0.2) is 0 Å². The van der Waals surface area contributed by atoms with Crippen molar-refractivity contribution in [1.82, 2.24) is 9.97 Å². The van der Waals surface area contributed by atoms with E-state index in [0.29, 0.717) is 0 Å². The van der Waals surface area contributed by atoms with Gasteiger partial charge in [-0.25, -0.2) is 4.98 Å². The van der Waals surface area contributed by atoms with Gasteiger partial charge in [-0.15, -0.1) is 0 Å². The molecule has 0 aliphatic heterocycles. The maximum atomic E-state index is 6.46. The maximum Gasteiger partial charge on any atom is 0.143 e. The Kier molecular flexibility index (Phi) is 4.61. The summed E-state index contributed by atoms with van der Waals surface area (Å²) in [5, 5.41) is 9.39. The van der Waals surface area contributed by atoms with Gasteiger partial charge in [-0.3, -0.25) is 4.98 Å². The highest BCUT2D eigenvalue weighted by molar-refractivity contribution is 6.23. The average Bonchev–Trinajstić information content (AvgIpc) is 3.44. The van der Waals surface area contributed by atoms with Crippen LogP contribution < -0.4 is 0 Å². The molecule has 0 saturated heterocycles. The van der Waals surface area contributed by atoms with E-state index in [1.54, 1.807) is 0 Å². The van der Waals surface area contributed by atoms with E-state index in [1.165, 1.54) is 26.9 Å². The van der Waals surface area contributed by atoms with Gasteiger partial charge in [-0.1, -0.05) is 121 Å². The van der Waals surface area contributed by atoms with Crippen LogP contribution in [0.25, 0.3) is 87.7 Å². The molecule has 190 valence electrons. The predicted octanol–water partition coefficient (Wildman–Crippen LogP) is 10.3. The Bertz CT molecular complexity index is 2440. The van der Waals surface area contributed by atoms with Crippen molar-refractivity contribution in [1.29, 1.82) is 0 Å². The van der Waals surface area contributed by atoms with E-state index in [2.05, 4.69) is 127 Å². The zero-order chi connectivity index (χ0) is 26.9. The second kappa shape index (κ2) is 8.48. The van der Waals surface area contributed by atoms with Crippen LogP contribution in [0.1, 0.15) is 0 Å². The zero-order valence-corrected chi connectivity index (χ0v) is 22.0. The topological polar surface area (TPSA) is 38.9 Å². The standard InChI is InChI=1S/C38H22N2O/c1-2-9-26-23(8-1)20-21-34-35(26)32-15-7-14-27(38(32)41-34)24-16-18-25(19-17-24)33-22-39-36-30-12-5-3-10-28(30)29-11-4-6-13-31(29)37(36)40-33/h1-22H. The monoisotopic (exact) mass is 522 g/mol. The molecule has 0 saturated carbocycles. The Labute approximate surface area is 235 Å². The summed E-state index contributed by atoms with van der Waals surface area (Å²) in [6, 6.07) is 44.6. The van der Waals surface area contributed by atoms with Crippen molar-refractivity contribution in [3.05, 3.63) is 134 Å². The molecule has 7 aromatic carbocycles. The molecule has 2 heterocycles. The summed E-state index contributed by atoms with van der Waals surface area (Å²) >= 11 is 0. The van der Waals surface area contributed by atoms with Crippen molar-refractivity contribution >= 4 is 65.3 Å². The maximum absolute atomic E-state index is 6.46. The van der Waals surface area contributed by atoms with E-state index in [0.717, 1.165) is 60.7 Å². The smallest absolute Gasteiger partial charge is 0.143 e. The van der Waals surface area contributed by atoms with Crippen LogP contribution in [-0.4, -0.2) is 9.97 Å². The SMILES string of the molecule is c1ccc2c(c1)ccc1oc3c(-c4ccc(-c5cnc6c7ccccc7c7ccccc7c6n5)cc4)cccc3c12. The van der Waals surface area contributed by atoms with Gasteiger partial charge in [0.1, 0.15) is 11.2 Å². The largest absolute Gasteiger partial charge is 0.455 e. The molecule has 0 N–H and O–H groups in total. The van der Waals surface area contributed by atoms with E-state index >= 15 is 0 Å². The third kappa shape index (κ3) is 3.26. The molecule has 0 bridgehead atoms. The van der Waals surface area contributed by atoms with Crippen LogP contribution in [-0.2, 0) is 0 Å². The van der Waals surface area contributed by atoms with Crippen LogP contribution in [0.15, 0.2) is 138 Å². The lowest BCUT2D eigenvalue weighted by Gasteiger charge is -2.10. The molecule has 41 heavy (non-hydrogen) atoms. The van der Waals surface area contributed by atoms with Crippen LogP contribution in [0.3, 0.4) is 0 Å². The third-order valence-corrected chi connectivity index (χ3v) is 8.31. The van der Waals surface area contributed by atoms with E-state index in [-0.39, 0.29) is 0 Å². The second-order valence-electron chi connectivity index (χ2n) is 10.6. The van der Waals surface area contributed by atoms with E-state index in [9.17, 15) is 0 Å². The summed E-state index contributed by atoms with van der Waals surface area (Å²) in [5.41, 5.74) is 7.76. The zero-order valence-electron chi connectivity index (χ0n) is 22.0. The molecule has 0 fully saturated rings. The Morgan fingerprint density at radius 3 is 1.88 bits per heavy atom. The summed E-state index contributed by atoms with van der Waals surface area (Å²) in [6.45, 7) is 0. The first-order chi connectivity index (χ1) is 20.3. The fourth-order valence-electron chi connectivity index (χ4n) is 6.38. The number of fused-ring (bicyclic) bond motifs is 11. The number of furan rings is 1. The molecule has 3 nitrogen and oxygen atoms in total. The van der Waals surface area contributed by atoms with Crippen LogP contribution in [0.5, 0.6) is 0 Å². The van der Waals surface area contributed by atoms with Crippen molar-refractivity contribution in [2.75, 3.05) is 0 Å². The summed E-state index contributed by atoms with van der Waals surface area (Å²) < 4.78 is 6.46. The Hall–Kier alpha value is -5.54. The number of rotatable bonds is 2. The minimum absolute atomic E-state index is 0.859. The van der Waals surface area contributed by atoms with Crippen molar-refractivity contribution in [3.8, 4) is 22.4 Å². The minimum atomic E-state index is 0.859.